The van der Waals surface area contributed by atoms with Crippen molar-refractivity contribution in [3.8, 4) is 0 Å². The largest absolute Gasteiger partial charge is 0.355 e. The molecule has 0 unspecified atom stereocenters. The molecule has 1 atom stereocenters. The average Bonchev–Trinajstić information content (AvgIpc) is 2.81. The van der Waals surface area contributed by atoms with E-state index in [1.54, 1.807) is 6.20 Å². The van der Waals surface area contributed by atoms with Crippen molar-refractivity contribution in [2.75, 3.05) is 13.6 Å². The Kier molecular flexibility index (Phi) is 6.15. The third-order valence-electron chi connectivity index (χ3n) is 2.77. The smallest absolute Gasteiger partial charge is 0.237 e. The van der Waals surface area contributed by atoms with E-state index in [1.807, 2.05) is 24.9 Å². The zero-order chi connectivity index (χ0) is 12.7. The molecule has 0 aliphatic rings. The molecule has 5 heteroatoms. The maximum Gasteiger partial charge on any atom is 0.237 e. The van der Waals surface area contributed by atoms with Crippen LogP contribution in [-0.4, -0.2) is 34.8 Å². The van der Waals surface area contributed by atoms with Gasteiger partial charge < -0.3 is 5.32 Å². The van der Waals surface area contributed by atoms with E-state index in [1.165, 1.54) is 16.4 Å². The van der Waals surface area contributed by atoms with Gasteiger partial charge >= 0.3 is 0 Å². The van der Waals surface area contributed by atoms with Crippen LogP contribution in [0.2, 0.25) is 0 Å². The molecular formula is C12H21N3OS. The molecule has 1 aromatic heterocycles. The number of carbonyl (C=O) groups is 1. The molecule has 0 aliphatic heterocycles. The summed E-state index contributed by atoms with van der Waals surface area (Å²) in [6.07, 6.45) is 3.93. The maximum atomic E-state index is 11.8. The van der Waals surface area contributed by atoms with Gasteiger partial charge in [0.25, 0.3) is 0 Å². The number of likely N-dealkylation sites (N-methyl/N-ethyl adjacent to an activating group) is 1. The van der Waals surface area contributed by atoms with Crippen molar-refractivity contribution in [2.24, 2.45) is 0 Å². The first kappa shape index (κ1) is 14.1. The number of carbonyl (C=O) groups excluding carboxylic acids is 1. The molecule has 17 heavy (non-hydrogen) atoms. The molecule has 0 saturated heterocycles. The Labute approximate surface area is 107 Å². The van der Waals surface area contributed by atoms with Gasteiger partial charge in [0.1, 0.15) is 0 Å². The van der Waals surface area contributed by atoms with E-state index in [4.69, 9.17) is 0 Å². The molecule has 0 saturated carbocycles. The average molecular weight is 255 g/mol. The van der Waals surface area contributed by atoms with Gasteiger partial charge in [-0.3, -0.25) is 9.69 Å². The monoisotopic (exact) mass is 255 g/mol. The van der Waals surface area contributed by atoms with E-state index in [0.717, 1.165) is 25.9 Å². The van der Waals surface area contributed by atoms with Gasteiger partial charge in [-0.05, 0) is 38.0 Å². The third-order valence-corrected chi connectivity index (χ3v) is 3.49. The lowest BCUT2D eigenvalue weighted by Crippen LogP contribution is -2.43. The molecule has 1 amide bonds. The molecule has 0 radical (unpaired) electrons. The SMILES string of the molecule is CCCCNC(=O)[C@@H](C)N(C)Cc1ccns1. The summed E-state index contributed by atoms with van der Waals surface area (Å²) in [7, 11) is 1.96. The van der Waals surface area contributed by atoms with Gasteiger partial charge in [0.05, 0.1) is 6.04 Å². The Morgan fingerprint density at radius 2 is 2.41 bits per heavy atom. The van der Waals surface area contributed by atoms with Crippen LogP contribution in [0.4, 0.5) is 0 Å². The summed E-state index contributed by atoms with van der Waals surface area (Å²) in [5, 5.41) is 2.95. The predicted octanol–water partition coefficient (Wildman–Crippen LogP) is 1.88. The number of hydrogen-bond donors (Lipinski definition) is 1. The van der Waals surface area contributed by atoms with Crippen molar-refractivity contribution >= 4 is 17.4 Å². The standard InChI is InChI=1S/C12H21N3OS/c1-4-5-7-13-12(16)10(2)15(3)9-11-6-8-14-17-11/h6,8,10H,4-5,7,9H2,1-3H3,(H,13,16)/t10-/m1/s1. The van der Waals surface area contributed by atoms with Gasteiger partial charge in [-0.2, -0.15) is 0 Å². The molecule has 0 fully saturated rings. The van der Waals surface area contributed by atoms with E-state index in [2.05, 4.69) is 16.6 Å². The van der Waals surface area contributed by atoms with Crippen molar-refractivity contribution in [3.05, 3.63) is 17.1 Å². The zero-order valence-corrected chi connectivity index (χ0v) is 11.6. The van der Waals surface area contributed by atoms with Crippen molar-refractivity contribution in [3.63, 3.8) is 0 Å². The maximum absolute atomic E-state index is 11.8. The number of nitrogens with zero attached hydrogens (tertiary/aromatic N) is 2. The fourth-order valence-corrected chi connectivity index (χ4v) is 2.08. The number of aromatic nitrogens is 1. The van der Waals surface area contributed by atoms with Crippen molar-refractivity contribution in [1.82, 2.24) is 14.6 Å². The predicted molar refractivity (Wildman–Crippen MR) is 71.0 cm³/mol. The lowest BCUT2D eigenvalue weighted by atomic mass is 10.2. The molecular weight excluding hydrogens is 234 g/mol. The first-order valence-electron chi connectivity index (χ1n) is 6.02. The van der Waals surface area contributed by atoms with E-state index >= 15 is 0 Å². The van der Waals surface area contributed by atoms with Gasteiger partial charge in [-0.25, -0.2) is 4.37 Å². The second-order valence-electron chi connectivity index (χ2n) is 4.21. The summed E-state index contributed by atoms with van der Waals surface area (Å²) in [5.41, 5.74) is 0. The normalized spacial score (nSPS) is 12.7. The molecule has 0 aliphatic carbocycles. The first-order valence-corrected chi connectivity index (χ1v) is 6.80. The fraction of sp³-hybridized carbons (Fsp3) is 0.667. The number of nitrogens with one attached hydrogen (secondary N) is 1. The van der Waals surface area contributed by atoms with E-state index in [9.17, 15) is 4.79 Å². The summed E-state index contributed by atoms with van der Waals surface area (Å²) in [6, 6.07) is 1.89. The van der Waals surface area contributed by atoms with Crippen LogP contribution in [0.25, 0.3) is 0 Å². The summed E-state index contributed by atoms with van der Waals surface area (Å²) >= 11 is 1.48. The second-order valence-corrected chi connectivity index (χ2v) is 5.13. The Hall–Kier alpha value is -0.940. The Balaban J connectivity index is 2.35. The van der Waals surface area contributed by atoms with Gasteiger partial charge in [0, 0.05) is 24.2 Å². The Bertz CT molecular complexity index is 327. The molecule has 1 rings (SSSR count). The minimum atomic E-state index is -0.103. The van der Waals surface area contributed by atoms with Crippen LogP contribution in [0.5, 0.6) is 0 Å². The van der Waals surface area contributed by atoms with E-state index in [-0.39, 0.29) is 11.9 Å². The quantitative estimate of drug-likeness (QED) is 0.757. The van der Waals surface area contributed by atoms with E-state index < -0.39 is 0 Å². The van der Waals surface area contributed by atoms with Crippen LogP contribution in [0, 0.1) is 0 Å². The molecule has 0 aromatic carbocycles. The van der Waals surface area contributed by atoms with Crippen LogP contribution in [0.15, 0.2) is 12.3 Å². The van der Waals surface area contributed by atoms with Crippen LogP contribution in [0.1, 0.15) is 31.6 Å². The van der Waals surface area contributed by atoms with Gasteiger partial charge in [0.2, 0.25) is 5.91 Å². The molecule has 4 nitrogen and oxygen atoms in total. The number of rotatable bonds is 7. The molecule has 1 heterocycles. The highest BCUT2D eigenvalue weighted by Crippen LogP contribution is 2.09. The minimum absolute atomic E-state index is 0.102. The third kappa shape index (κ3) is 4.83. The minimum Gasteiger partial charge on any atom is -0.355 e. The molecule has 96 valence electrons. The summed E-state index contributed by atoms with van der Waals surface area (Å²) in [6.45, 7) is 5.59. The molecule has 0 bridgehead atoms. The molecule has 1 N–H and O–H groups in total. The fourth-order valence-electron chi connectivity index (χ4n) is 1.44. The van der Waals surface area contributed by atoms with Crippen molar-refractivity contribution < 1.29 is 4.79 Å². The summed E-state index contributed by atoms with van der Waals surface area (Å²) in [5.74, 6) is 0.102. The first-order chi connectivity index (χ1) is 8.15. The summed E-state index contributed by atoms with van der Waals surface area (Å²) in [4.78, 5) is 15.0. The van der Waals surface area contributed by atoms with Crippen molar-refractivity contribution in [1.29, 1.82) is 0 Å². The van der Waals surface area contributed by atoms with Gasteiger partial charge in [-0.15, -0.1) is 0 Å². The van der Waals surface area contributed by atoms with Gasteiger partial charge in [0.15, 0.2) is 0 Å². The number of hydrogen-bond acceptors (Lipinski definition) is 4. The van der Waals surface area contributed by atoms with Gasteiger partial charge in [-0.1, -0.05) is 13.3 Å². The van der Waals surface area contributed by atoms with Crippen LogP contribution < -0.4 is 5.32 Å². The highest BCUT2D eigenvalue weighted by Gasteiger charge is 2.17. The number of unbranched alkanes of at least 4 members (excludes halogenated alkanes) is 1. The highest BCUT2D eigenvalue weighted by molar-refractivity contribution is 7.05. The Morgan fingerprint density at radius 3 is 3.00 bits per heavy atom. The highest BCUT2D eigenvalue weighted by atomic mass is 32.1. The lowest BCUT2D eigenvalue weighted by molar-refractivity contribution is -0.125. The molecule has 0 spiro atoms. The van der Waals surface area contributed by atoms with Crippen molar-refractivity contribution in [2.45, 2.75) is 39.3 Å². The number of amides is 1. The Morgan fingerprint density at radius 1 is 1.65 bits per heavy atom. The van der Waals surface area contributed by atoms with E-state index in [0.29, 0.717) is 0 Å². The van der Waals surface area contributed by atoms with Crippen LogP contribution in [-0.2, 0) is 11.3 Å². The molecule has 1 aromatic rings. The zero-order valence-electron chi connectivity index (χ0n) is 10.8. The lowest BCUT2D eigenvalue weighted by Gasteiger charge is -2.23. The topological polar surface area (TPSA) is 45.2 Å². The van der Waals surface area contributed by atoms with Crippen LogP contribution in [0.3, 0.4) is 0 Å². The summed E-state index contributed by atoms with van der Waals surface area (Å²) < 4.78 is 4.05. The second kappa shape index (κ2) is 7.40. The van der Waals surface area contributed by atoms with Crippen LogP contribution >= 0.6 is 11.5 Å².